The van der Waals surface area contributed by atoms with Crippen LogP contribution in [0, 0.1) is 5.92 Å². The van der Waals surface area contributed by atoms with E-state index >= 15 is 0 Å². The average molecular weight is 461 g/mol. The quantitative estimate of drug-likeness (QED) is 0.697. The van der Waals surface area contributed by atoms with Crippen LogP contribution in [0.1, 0.15) is 25.3 Å². The Kier molecular flexibility index (Phi) is 6.68. The minimum absolute atomic E-state index is 0.0289. The standard InChI is InChI=1S/C18H19ClF6N2O3/c1-16(30,18(23,24)25)15(29)27-7-5-10(6-8-27)14(28)26(2)13-4-3-11(9-12(13)19)17(20,21)22/h3-4,9-10,30H,5-8H2,1-2H3/t16-/m1/s1. The van der Waals surface area contributed by atoms with Crippen molar-refractivity contribution in [3.63, 3.8) is 0 Å². The van der Waals surface area contributed by atoms with Gasteiger partial charge in [-0.25, -0.2) is 0 Å². The Morgan fingerprint density at radius 1 is 1.13 bits per heavy atom. The second kappa shape index (κ2) is 8.26. The zero-order valence-electron chi connectivity index (χ0n) is 15.9. The van der Waals surface area contributed by atoms with Gasteiger partial charge in [-0.05, 0) is 38.0 Å². The van der Waals surface area contributed by atoms with E-state index in [2.05, 4.69) is 0 Å². The second-order valence-corrected chi connectivity index (χ2v) is 7.60. The van der Waals surface area contributed by atoms with Crippen molar-refractivity contribution in [1.29, 1.82) is 0 Å². The number of alkyl halides is 6. The monoisotopic (exact) mass is 460 g/mol. The summed E-state index contributed by atoms with van der Waals surface area (Å²) in [5.41, 5.74) is -4.46. The molecule has 1 fully saturated rings. The SMILES string of the molecule is CN(C(=O)C1CCN(C(=O)[C@@](C)(O)C(F)(F)F)CC1)c1ccc(C(F)(F)F)cc1Cl. The number of hydrogen-bond acceptors (Lipinski definition) is 3. The van der Waals surface area contributed by atoms with Crippen molar-refractivity contribution in [2.24, 2.45) is 5.92 Å². The normalized spacial score (nSPS) is 18.1. The maximum Gasteiger partial charge on any atom is 0.426 e. The largest absolute Gasteiger partial charge is 0.426 e. The highest BCUT2D eigenvalue weighted by atomic mass is 35.5. The van der Waals surface area contributed by atoms with Gasteiger partial charge >= 0.3 is 12.4 Å². The second-order valence-electron chi connectivity index (χ2n) is 7.20. The lowest BCUT2D eigenvalue weighted by molar-refractivity contribution is -0.250. The van der Waals surface area contributed by atoms with Crippen LogP contribution in [0.4, 0.5) is 32.0 Å². The van der Waals surface area contributed by atoms with Crippen LogP contribution in [0.15, 0.2) is 18.2 Å². The van der Waals surface area contributed by atoms with Gasteiger partial charge in [-0.1, -0.05) is 11.6 Å². The molecular weight excluding hydrogens is 442 g/mol. The lowest BCUT2D eigenvalue weighted by Gasteiger charge is -2.37. The van der Waals surface area contributed by atoms with E-state index in [9.17, 15) is 41.0 Å². The van der Waals surface area contributed by atoms with Crippen LogP contribution >= 0.6 is 11.6 Å². The predicted octanol–water partition coefficient (Wildman–Crippen LogP) is 3.87. The first kappa shape index (κ1) is 24.3. The number of amides is 2. The van der Waals surface area contributed by atoms with Crippen molar-refractivity contribution < 1.29 is 41.0 Å². The summed E-state index contributed by atoms with van der Waals surface area (Å²) in [6, 6.07) is 2.54. The number of nitrogens with zero attached hydrogens (tertiary/aromatic N) is 2. The molecule has 30 heavy (non-hydrogen) atoms. The number of piperidine rings is 1. The van der Waals surface area contributed by atoms with Crippen molar-refractivity contribution >= 4 is 29.1 Å². The van der Waals surface area contributed by atoms with Crippen LogP contribution in [-0.4, -0.2) is 53.7 Å². The molecule has 1 heterocycles. The maximum absolute atomic E-state index is 12.8. The number of anilines is 1. The Morgan fingerprint density at radius 2 is 1.67 bits per heavy atom. The molecule has 12 heteroatoms. The summed E-state index contributed by atoms with van der Waals surface area (Å²) < 4.78 is 76.8. The third kappa shape index (κ3) is 4.83. The fourth-order valence-corrected chi connectivity index (χ4v) is 3.41. The van der Waals surface area contributed by atoms with Gasteiger partial charge in [0.2, 0.25) is 11.5 Å². The Labute approximate surface area is 173 Å². The van der Waals surface area contributed by atoms with E-state index in [1.807, 2.05) is 0 Å². The fraction of sp³-hybridized carbons (Fsp3) is 0.556. The Hall–Kier alpha value is -2.01. The zero-order valence-corrected chi connectivity index (χ0v) is 16.7. The van der Waals surface area contributed by atoms with E-state index in [0.717, 1.165) is 21.9 Å². The highest BCUT2D eigenvalue weighted by Gasteiger charge is 2.57. The van der Waals surface area contributed by atoms with E-state index in [1.54, 1.807) is 0 Å². The van der Waals surface area contributed by atoms with E-state index in [-0.39, 0.29) is 36.6 Å². The summed E-state index contributed by atoms with van der Waals surface area (Å²) in [5, 5.41) is 9.22. The molecule has 1 saturated heterocycles. The highest BCUT2D eigenvalue weighted by Crippen LogP contribution is 2.36. The number of carbonyl (C=O) groups excluding carboxylic acids is 2. The van der Waals surface area contributed by atoms with Gasteiger partial charge in [0.05, 0.1) is 16.3 Å². The first-order chi connectivity index (χ1) is 13.6. The molecule has 0 aliphatic carbocycles. The van der Waals surface area contributed by atoms with E-state index in [4.69, 9.17) is 11.6 Å². The Bertz CT molecular complexity index is 817. The molecule has 5 nitrogen and oxygen atoms in total. The molecule has 0 saturated carbocycles. The van der Waals surface area contributed by atoms with Crippen LogP contribution in [0.2, 0.25) is 5.02 Å². The molecule has 1 atom stereocenters. The van der Waals surface area contributed by atoms with Crippen molar-refractivity contribution in [3.05, 3.63) is 28.8 Å². The molecule has 0 unspecified atom stereocenters. The van der Waals surface area contributed by atoms with Crippen LogP contribution in [0.5, 0.6) is 0 Å². The summed E-state index contributed by atoms with van der Waals surface area (Å²) in [6.45, 7) is -0.000925. The van der Waals surface area contributed by atoms with Gasteiger partial charge in [-0.2, -0.15) is 26.3 Å². The van der Waals surface area contributed by atoms with Crippen LogP contribution < -0.4 is 4.90 Å². The Balaban J connectivity index is 2.06. The molecule has 2 rings (SSSR count). The first-order valence-electron chi connectivity index (χ1n) is 8.80. The molecule has 0 aromatic heterocycles. The minimum atomic E-state index is -5.14. The topological polar surface area (TPSA) is 60.9 Å². The lowest BCUT2D eigenvalue weighted by atomic mass is 9.93. The van der Waals surface area contributed by atoms with Gasteiger partial charge in [0.1, 0.15) is 0 Å². The van der Waals surface area contributed by atoms with Crippen LogP contribution in [0.25, 0.3) is 0 Å². The van der Waals surface area contributed by atoms with Crippen molar-refractivity contribution in [2.75, 3.05) is 25.0 Å². The predicted molar refractivity (Wildman–Crippen MR) is 95.8 cm³/mol. The Morgan fingerprint density at radius 3 is 2.10 bits per heavy atom. The maximum atomic E-state index is 12.8. The van der Waals surface area contributed by atoms with Crippen LogP contribution in [-0.2, 0) is 15.8 Å². The van der Waals surface area contributed by atoms with Crippen molar-refractivity contribution in [1.82, 2.24) is 4.90 Å². The summed E-state index contributed by atoms with van der Waals surface area (Å²) >= 11 is 5.89. The van der Waals surface area contributed by atoms with Crippen molar-refractivity contribution in [2.45, 2.75) is 37.7 Å². The van der Waals surface area contributed by atoms with Gasteiger partial charge in [-0.15, -0.1) is 0 Å². The molecule has 0 spiro atoms. The van der Waals surface area contributed by atoms with Gasteiger partial charge in [0.25, 0.3) is 5.91 Å². The van der Waals surface area contributed by atoms with Gasteiger partial charge < -0.3 is 14.9 Å². The summed E-state index contributed by atoms with van der Waals surface area (Å²) in [5.74, 6) is -2.67. The fourth-order valence-electron chi connectivity index (χ4n) is 3.11. The number of aliphatic hydroxyl groups is 1. The number of likely N-dealkylation sites (tertiary alicyclic amines) is 1. The molecule has 1 N–H and O–H groups in total. The van der Waals surface area contributed by atoms with E-state index in [1.165, 1.54) is 7.05 Å². The van der Waals surface area contributed by atoms with Gasteiger partial charge in [0, 0.05) is 26.1 Å². The zero-order chi connectivity index (χ0) is 23.1. The molecule has 168 valence electrons. The minimum Gasteiger partial charge on any atom is -0.373 e. The number of carbonyl (C=O) groups is 2. The van der Waals surface area contributed by atoms with E-state index in [0.29, 0.717) is 13.0 Å². The first-order valence-corrected chi connectivity index (χ1v) is 9.18. The van der Waals surface area contributed by atoms with Crippen LogP contribution in [0.3, 0.4) is 0 Å². The molecule has 1 aromatic carbocycles. The third-order valence-corrected chi connectivity index (χ3v) is 5.37. The van der Waals surface area contributed by atoms with Gasteiger partial charge in [-0.3, -0.25) is 9.59 Å². The highest BCUT2D eigenvalue weighted by molar-refractivity contribution is 6.33. The molecule has 2 amide bonds. The molecule has 1 aliphatic heterocycles. The summed E-state index contributed by atoms with van der Waals surface area (Å²) in [4.78, 5) is 26.6. The van der Waals surface area contributed by atoms with Gasteiger partial charge in [0.15, 0.2) is 0 Å². The van der Waals surface area contributed by atoms with E-state index < -0.39 is 41.2 Å². The molecule has 0 bridgehead atoms. The van der Waals surface area contributed by atoms with Crippen molar-refractivity contribution in [3.8, 4) is 0 Å². The third-order valence-electron chi connectivity index (χ3n) is 5.07. The smallest absolute Gasteiger partial charge is 0.373 e. The molecule has 1 aromatic rings. The number of halogens is 7. The lowest BCUT2D eigenvalue weighted by Crippen LogP contribution is -2.57. The molecular formula is C18H19ClF6N2O3. The number of benzene rings is 1. The summed E-state index contributed by atoms with van der Waals surface area (Å²) in [6.07, 6.45) is -9.68. The summed E-state index contributed by atoms with van der Waals surface area (Å²) in [7, 11) is 1.32. The average Bonchev–Trinajstić information content (AvgIpc) is 2.64. The molecule has 0 radical (unpaired) electrons. The number of hydrogen-bond donors (Lipinski definition) is 1. The molecule has 1 aliphatic rings. The number of rotatable bonds is 3.